The Morgan fingerprint density at radius 2 is 1.76 bits per heavy atom. The summed E-state index contributed by atoms with van der Waals surface area (Å²) in [5.74, 6) is 0. The molecule has 2 unspecified atom stereocenters. The fourth-order valence-electron chi connectivity index (χ4n) is 3.77. The highest BCUT2D eigenvalue weighted by molar-refractivity contribution is 6.62. The zero-order valence-electron chi connectivity index (χ0n) is 17.3. The van der Waals surface area contributed by atoms with E-state index in [9.17, 15) is 18.0 Å². The molecule has 5 nitrogen and oxygen atoms in total. The van der Waals surface area contributed by atoms with Crippen molar-refractivity contribution in [1.82, 2.24) is 10.2 Å². The lowest BCUT2D eigenvalue weighted by atomic mass is 9.78. The van der Waals surface area contributed by atoms with E-state index in [2.05, 4.69) is 5.32 Å². The average Bonchev–Trinajstić information content (AvgIpc) is 3.26. The first-order valence-corrected chi connectivity index (χ1v) is 10.0. The van der Waals surface area contributed by atoms with Crippen LogP contribution < -0.4 is 10.8 Å². The lowest BCUT2D eigenvalue weighted by Crippen LogP contribution is -2.45. The lowest BCUT2D eigenvalue weighted by molar-refractivity contribution is -0.155. The van der Waals surface area contributed by atoms with E-state index < -0.39 is 36.6 Å². The summed E-state index contributed by atoms with van der Waals surface area (Å²) in [6.07, 6.45) is -2.23. The van der Waals surface area contributed by atoms with Crippen molar-refractivity contribution in [3.63, 3.8) is 0 Å². The van der Waals surface area contributed by atoms with E-state index in [0.29, 0.717) is 18.6 Å². The Hall–Kier alpha value is -1.74. The summed E-state index contributed by atoms with van der Waals surface area (Å²) >= 11 is 0. The quantitative estimate of drug-likeness (QED) is 0.766. The number of nitrogens with one attached hydrogen (secondary N) is 1. The highest BCUT2D eigenvalue weighted by atomic mass is 19.4. The van der Waals surface area contributed by atoms with E-state index in [0.717, 1.165) is 19.3 Å². The molecule has 2 amide bonds. The van der Waals surface area contributed by atoms with Crippen molar-refractivity contribution in [2.24, 2.45) is 0 Å². The summed E-state index contributed by atoms with van der Waals surface area (Å²) in [7, 11) is -0.646. The highest BCUT2D eigenvalue weighted by Gasteiger charge is 2.53. The normalized spacial score (nSPS) is 25.3. The molecule has 2 atom stereocenters. The van der Waals surface area contributed by atoms with Crippen LogP contribution in [-0.2, 0) is 9.31 Å². The Morgan fingerprint density at radius 3 is 2.24 bits per heavy atom. The summed E-state index contributed by atoms with van der Waals surface area (Å²) in [5, 5.41) is 2.14. The van der Waals surface area contributed by atoms with Gasteiger partial charge in [0, 0.05) is 13.1 Å². The molecule has 2 fully saturated rings. The highest BCUT2D eigenvalue weighted by Crippen LogP contribution is 2.39. The van der Waals surface area contributed by atoms with Gasteiger partial charge in [0.25, 0.3) is 0 Å². The molecule has 2 saturated heterocycles. The Morgan fingerprint density at radius 1 is 1.17 bits per heavy atom. The molecular formula is C20H28BF3N2O3. The van der Waals surface area contributed by atoms with E-state index in [1.165, 1.54) is 17.0 Å². The predicted octanol–water partition coefficient (Wildman–Crippen LogP) is 3.78. The summed E-state index contributed by atoms with van der Waals surface area (Å²) < 4.78 is 53.0. The lowest BCUT2D eigenvalue weighted by Gasteiger charge is -2.35. The summed E-state index contributed by atoms with van der Waals surface area (Å²) in [6.45, 7) is 8.83. The van der Waals surface area contributed by atoms with Crippen molar-refractivity contribution < 1.29 is 27.3 Å². The summed E-state index contributed by atoms with van der Waals surface area (Å²) in [6, 6.07) is 3.14. The van der Waals surface area contributed by atoms with Crippen molar-refractivity contribution in [3.05, 3.63) is 29.8 Å². The Balaban J connectivity index is 1.77. The van der Waals surface area contributed by atoms with Crippen molar-refractivity contribution in [1.29, 1.82) is 0 Å². The number of carbonyl (C=O) groups is 1. The molecule has 2 aliphatic rings. The van der Waals surface area contributed by atoms with Gasteiger partial charge in [-0.05, 0) is 51.1 Å². The first-order valence-electron chi connectivity index (χ1n) is 10.0. The molecule has 3 rings (SSSR count). The molecule has 0 bridgehead atoms. The maximum atomic E-state index is 13.6. The van der Waals surface area contributed by atoms with Crippen LogP contribution in [0.15, 0.2) is 24.3 Å². The Bertz CT molecular complexity index is 735. The standard InChI is InChI=1S/C20H28BF3N2O3/c1-5-19(4)18(2,3)28-21(29-19)15-10-8-14(9-11-15)16(20(22,23)24)25-17(27)26-12-6-7-13-26/h8-11,16H,5-7,12-13H2,1-4H3,(H,25,27). The SMILES string of the molecule is CCC1(C)OB(c2ccc(C(NC(=O)N3CCCC3)C(F)(F)F)cc2)OC1(C)C. The van der Waals surface area contributed by atoms with Crippen molar-refractivity contribution in [2.45, 2.75) is 70.4 Å². The molecule has 0 aliphatic carbocycles. The fourth-order valence-corrected chi connectivity index (χ4v) is 3.77. The number of alkyl halides is 3. The second-order valence-electron chi connectivity index (χ2n) is 8.45. The number of halogens is 3. The number of hydrogen-bond donors (Lipinski definition) is 1. The smallest absolute Gasteiger partial charge is 0.399 e. The number of likely N-dealkylation sites (tertiary alicyclic amines) is 1. The maximum absolute atomic E-state index is 13.6. The van der Waals surface area contributed by atoms with E-state index in [4.69, 9.17) is 9.31 Å². The molecule has 0 radical (unpaired) electrons. The van der Waals surface area contributed by atoms with E-state index >= 15 is 0 Å². The first-order chi connectivity index (χ1) is 13.5. The second-order valence-corrected chi connectivity index (χ2v) is 8.45. The monoisotopic (exact) mass is 412 g/mol. The molecule has 1 aromatic carbocycles. The molecule has 9 heteroatoms. The predicted molar refractivity (Wildman–Crippen MR) is 105 cm³/mol. The molecule has 0 saturated carbocycles. The molecule has 2 aliphatic heterocycles. The third-order valence-corrected chi connectivity index (χ3v) is 6.25. The fraction of sp³-hybridized carbons (Fsp3) is 0.650. The number of carbonyl (C=O) groups excluding carboxylic acids is 1. The maximum Gasteiger partial charge on any atom is 0.494 e. The van der Waals surface area contributed by atoms with Gasteiger partial charge in [-0.2, -0.15) is 13.2 Å². The third kappa shape index (κ3) is 4.40. The molecular weight excluding hydrogens is 384 g/mol. The van der Waals surface area contributed by atoms with Crippen molar-refractivity contribution in [3.8, 4) is 0 Å². The second kappa shape index (κ2) is 7.83. The number of amides is 2. The molecule has 2 heterocycles. The topological polar surface area (TPSA) is 50.8 Å². The van der Waals surface area contributed by atoms with Crippen LogP contribution in [-0.4, -0.2) is 48.5 Å². The summed E-state index contributed by atoms with van der Waals surface area (Å²) in [4.78, 5) is 13.6. The van der Waals surface area contributed by atoms with Gasteiger partial charge in [-0.3, -0.25) is 0 Å². The average molecular weight is 412 g/mol. The van der Waals surface area contributed by atoms with Gasteiger partial charge in [0.15, 0.2) is 6.04 Å². The zero-order valence-corrected chi connectivity index (χ0v) is 17.3. The summed E-state index contributed by atoms with van der Waals surface area (Å²) in [5.41, 5.74) is -0.396. The van der Waals surface area contributed by atoms with Gasteiger partial charge in [-0.1, -0.05) is 31.2 Å². The van der Waals surface area contributed by atoms with Gasteiger partial charge in [-0.25, -0.2) is 4.79 Å². The third-order valence-electron chi connectivity index (χ3n) is 6.25. The van der Waals surface area contributed by atoms with Crippen LogP contribution in [0, 0.1) is 0 Å². The number of urea groups is 1. The van der Waals surface area contributed by atoms with Crippen LogP contribution >= 0.6 is 0 Å². The minimum Gasteiger partial charge on any atom is -0.399 e. The molecule has 0 aromatic heterocycles. The van der Waals surface area contributed by atoms with Gasteiger partial charge in [-0.15, -0.1) is 0 Å². The molecule has 1 aromatic rings. The van der Waals surface area contributed by atoms with Crippen LogP contribution in [0.4, 0.5) is 18.0 Å². The largest absolute Gasteiger partial charge is 0.494 e. The Labute approximate surface area is 170 Å². The van der Waals surface area contributed by atoms with Crippen LogP contribution in [0.2, 0.25) is 0 Å². The number of rotatable bonds is 4. The minimum atomic E-state index is -4.60. The first kappa shape index (κ1) is 22.0. The minimum absolute atomic E-state index is 0.0238. The van der Waals surface area contributed by atoms with Crippen LogP contribution in [0.3, 0.4) is 0 Å². The number of nitrogens with zero attached hydrogens (tertiary/aromatic N) is 1. The molecule has 0 spiro atoms. The van der Waals surface area contributed by atoms with Gasteiger partial charge < -0.3 is 19.5 Å². The van der Waals surface area contributed by atoms with Crippen LogP contribution in [0.5, 0.6) is 0 Å². The molecule has 1 N–H and O–H groups in total. The number of hydrogen-bond acceptors (Lipinski definition) is 3. The number of benzene rings is 1. The van der Waals surface area contributed by atoms with E-state index in [1.807, 2.05) is 27.7 Å². The van der Waals surface area contributed by atoms with Crippen molar-refractivity contribution >= 4 is 18.6 Å². The molecule has 160 valence electrons. The zero-order chi connectivity index (χ0) is 21.4. The van der Waals surface area contributed by atoms with Gasteiger partial charge in [0.1, 0.15) is 0 Å². The van der Waals surface area contributed by atoms with Gasteiger partial charge in [0.05, 0.1) is 11.2 Å². The molecule has 29 heavy (non-hydrogen) atoms. The van der Waals surface area contributed by atoms with E-state index in [-0.39, 0.29) is 5.56 Å². The van der Waals surface area contributed by atoms with Crippen molar-refractivity contribution in [2.75, 3.05) is 13.1 Å². The van der Waals surface area contributed by atoms with Gasteiger partial charge >= 0.3 is 19.3 Å². The van der Waals surface area contributed by atoms with Crippen LogP contribution in [0.25, 0.3) is 0 Å². The van der Waals surface area contributed by atoms with E-state index in [1.54, 1.807) is 12.1 Å². The Kier molecular flexibility index (Phi) is 5.93. The van der Waals surface area contributed by atoms with Gasteiger partial charge in [0.2, 0.25) is 0 Å². The van der Waals surface area contributed by atoms with Crippen LogP contribution in [0.1, 0.15) is 58.6 Å².